The van der Waals surface area contributed by atoms with Crippen LogP contribution in [0.4, 0.5) is 4.79 Å². The zero-order valence-corrected chi connectivity index (χ0v) is 10.4. The molecule has 0 N–H and O–H groups in total. The predicted octanol–water partition coefficient (Wildman–Crippen LogP) is 3.19. The van der Waals surface area contributed by atoms with Crippen LogP contribution in [0.5, 0.6) is 0 Å². The van der Waals surface area contributed by atoms with Gasteiger partial charge in [0.1, 0.15) is 5.60 Å². The molecule has 1 fully saturated rings. The lowest BCUT2D eigenvalue weighted by atomic mass is 10.2. The molecule has 1 aliphatic carbocycles. The third kappa shape index (κ3) is 3.73. The maximum absolute atomic E-state index is 11.9. The van der Waals surface area contributed by atoms with Gasteiger partial charge in [-0.1, -0.05) is 12.8 Å². The van der Waals surface area contributed by atoms with Gasteiger partial charge in [-0.15, -0.1) is 0 Å². The maximum atomic E-state index is 11.9. The molecule has 3 heteroatoms. The SMILES string of the molecule is CCN(C(=O)OC(C)(C)C)C1CCCC1. The van der Waals surface area contributed by atoms with Crippen molar-refractivity contribution in [2.45, 2.75) is 65.0 Å². The number of amides is 1. The highest BCUT2D eigenvalue weighted by Crippen LogP contribution is 2.24. The van der Waals surface area contributed by atoms with Crippen molar-refractivity contribution < 1.29 is 9.53 Å². The summed E-state index contributed by atoms with van der Waals surface area (Å²) in [6.07, 6.45) is 4.59. The van der Waals surface area contributed by atoms with Gasteiger partial charge in [-0.3, -0.25) is 0 Å². The fraction of sp³-hybridized carbons (Fsp3) is 0.917. The van der Waals surface area contributed by atoms with E-state index in [0.717, 1.165) is 19.4 Å². The molecule has 0 aliphatic heterocycles. The van der Waals surface area contributed by atoms with Gasteiger partial charge in [0.2, 0.25) is 0 Å². The van der Waals surface area contributed by atoms with Crippen LogP contribution in [0.3, 0.4) is 0 Å². The molecule has 1 rings (SSSR count). The second-order valence-corrected chi connectivity index (χ2v) is 5.20. The molecule has 0 atom stereocenters. The fourth-order valence-corrected chi connectivity index (χ4v) is 2.07. The third-order valence-corrected chi connectivity index (χ3v) is 2.73. The van der Waals surface area contributed by atoms with Crippen molar-refractivity contribution in [1.82, 2.24) is 4.90 Å². The number of carbonyl (C=O) groups excluding carboxylic acids is 1. The number of carbonyl (C=O) groups is 1. The first-order valence-electron chi connectivity index (χ1n) is 5.93. The Kier molecular flexibility index (Phi) is 4.00. The maximum Gasteiger partial charge on any atom is 0.410 e. The van der Waals surface area contributed by atoms with Crippen molar-refractivity contribution in [2.75, 3.05) is 6.54 Å². The van der Waals surface area contributed by atoms with E-state index in [2.05, 4.69) is 0 Å². The molecular formula is C12H23NO2. The number of hydrogen-bond acceptors (Lipinski definition) is 2. The Bertz CT molecular complexity index is 214. The number of nitrogens with zero attached hydrogens (tertiary/aromatic N) is 1. The van der Waals surface area contributed by atoms with Crippen LogP contribution in [0.15, 0.2) is 0 Å². The van der Waals surface area contributed by atoms with Crippen LogP contribution in [0.25, 0.3) is 0 Å². The van der Waals surface area contributed by atoms with Crippen LogP contribution < -0.4 is 0 Å². The molecule has 88 valence electrons. The highest BCUT2D eigenvalue weighted by molar-refractivity contribution is 5.68. The standard InChI is InChI=1S/C12H23NO2/c1-5-13(10-8-6-7-9-10)11(14)15-12(2,3)4/h10H,5-9H2,1-4H3. The second-order valence-electron chi connectivity index (χ2n) is 5.20. The molecule has 0 unspecified atom stereocenters. The van der Waals surface area contributed by atoms with Crippen molar-refractivity contribution >= 4 is 6.09 Å². The van der Waals surface area contributed by atoms with E-state index < -0.39 is 0 Å². The quantitative estimate of drug-likeness (QED) is 0.705. The smallest absolute Gasteiger partial charge is 0.410 e. The zero-order valence-electron chi connectivity index (χ0n) is 10.4. The minimum atomic E-state index is -0.386. The van der Waals surface area contributed by atoms with Gasteiger partial charge in [-0.25, -0.2) is 4.79 Å². The van der Waals surface area contributed by atoms with Crippen LogP contribution in [0, 0.1) is 0 Å². The highest BCUT2D eigenvalue weighted by atomic mass is 16.6. The first kappa shape index (κ1) is 12.3. The molecule has 0 aromatic heterocycles. The monoisotopic (exact) mass is 213 g/mol. The van der Waals surface area contributed by atoms with E-state index in [-0.39, 0.29) is 11.7 Å². The lowest BCUT2D eigenvalue weighted by Gasteiger charge is -2.30. The lowest BCUT2D eigenvalue weighted by Crippen LogP contribution is -2.42. The molecule has 0 aromatic rings. The molecule has 1 aliphatic rings. The van der Waals surface area contributed by atoms with Crippen molar-refractivity contribution in [1.29, 1.82) is 0 Å². The molecule has 0 bridgehead atoms. The average Bonchev–Trinajstić information content (AvgIpc) is 2.54. The minimum absolute atomic E-state index is 0.156. The first-order valence-corrected chi connectivity index (χ1v) is 5.93. The number of rotatable bonds is 2. The third-order valence-electron chi connectivity index (χ3n) is 2.73. The van der Waals surface area contributed by atoms with Crippen LogP contribution in [0.1, 0.15) is 53.4 Å². The summed E-state index contributed by atoms with van der Waals surface area (Å²) in [7, 11) is 0. The molecule has 0 heterocycles. The van der Waals surface area contributed by atoms with Gasteiger partial charge in [0.15, 0.2) is 0 Å². The van der Waals surface area contributed by atoms with Crippen molar-refractivity contribution in [2.24, 2.45) is 0 Å². The Hall–Kier alpha value is -0.730. The molecule has 0 spiro atoms. The van der Waals surface area contributed by atoms with Gasteiger partial charge in [-0.05, 0) is 40.5 Å². The molecule has 0 aromatic carbocycles. The largest absolute Gasteiger partial charge is 0.444 e. The predicted molar refractivity (Wildman–Crippen MR) is 60.9 cm³/mol. The molecular weight excluding hydrogens is 190 g/mol. The summed E-state index contributed by atoms with van der Waals surface area (Å²) in [5.41, 5.74) is -0.386. The Morgan fingerprint density at radius 1 is 1.33 bits per heavy atom. The number of hydrogen-bond donors (Lipinski definition) is 0. The molecule has 1 saturated carbocycles. The van der Waals surface area contributed by atoms with Gasteiger partial charge in [-0.2, -0.15) is 0 Å². The van der Waals surface area contributed by atoms with Crippen LogP contribution >= 0.6 is 0 Å². The number of ether oxygens (including phenoxy) is 1. The Labute approximate surface area is 92.8 Å². The molecule has 15 heavy (non-hydrogen) atoms. The summed E-state index contributed by atoms with van der Waals surface area (Å²) in [6, 6.07) is 0.407. The van der Waals surface area contributed by atoms with Gasteiger partial charge in [0, 0.05) is 12.6 Å². The molecule has 1 amide bonds. The van der Waals surface area contributed by atoms with Crippen molar-refractivity contribution in [3.8, 4) is 0 Å². The second kappa shape index (κ2) is 4.86. The summed E-state index contributed by atoms with van der Waals surface area (Å²) in [6.45, 7) is 8.50. The van der Waals surface area contributed by atoms with Gasteiger partial charge in [0.25, 0.3) is 0 Å². The molecule has 0 radical (unpaired) electrons. The van der Waals surface area contributed by atoms with E-state index in [0.29, 0.717) is 6.04 Å². The van der Waals surface area contributed by atoms with Gasteiger partial charge >= 0.3 is 6.09 Å². The Morgan fingerprint density at radius 3 is 2.27 bits per heavy atom. The summed E-state index contributed by atoms with van der Waals surface area (Å²) in [5.74, 6) is 0. The van der Waals surface area contributed by atoms with Crippen LogP contribution in [-0.4, -0.2) is 29.2 Å². The zero-order chi connectivity index (χ0) is 11.5. The van der Waals surface area contributed by atoms with E-state index in [4.69, 9.17) is 4.74 Å². The van der Waals surface area contributed by atoms with E-state index >= 15 is 0 Å². The topological polar surface area (TPSA) is 29.5 Å². The summed E-state index contributed by atoms with van der Waals surface area (Å²) >= 11 is 0. The first-order chi connectivity index (χ1) is 6.94. The molecule has 0 saturated heterocycles. The Morgan fingerprint density at radius 2 is 1.87 bits per heavy atom. The van der Waals surface area contributed by atoms with Gasteiger partial charge < -0.3 is 9.64 Å². The van der Waals surface area contributed by atoms with E-state index in [9.17, 15) is 4.79 Å². The summed E-state index contributed by atoms with van der Waals surface area (Å²) in [5, 5.41) is 0. The summed E-state index contributed by atoms with van der Waals surface area (Å²) < 4.78 is 5.39. The van der Waals surface area contributed by atoms with E-state index in [1.54, 1.807) is 0 Å². The normalized spacial score (nSPS) is 17.9. The molecule has 3 nitrogen and oxygen atoms in total. The van der Waals surface area contributed by atoms with Crippen LogP contribution in [0.2, 0.25) is 0 Å². The highest BCUT2D eigenvalue weighted by Gasteiger charge is 2.28. The Balaban J connectivity index is 2.53. The average molecular weight is 213 g/mol. The fourth-order valence-electron chi connectivity index (χ4n) is 2.07. The van der Waals surface area contributed by atoms with Crippen LogP contribution in [-0.2, 0) is 4.74 Å². The van der Waals surface area contributed by atoms with E-state index in [1.807, 2.05) is 32.6 Å². The van der Waals surface area contributed by atoms with E-state index in [1.165, 1.54) is 12.8 Å². The van der Waals surface area contributed by atoms with Crippen molar-refractivity contribution in [3.63, 3.8) is 0 Å². The minimum Gasteiger partial charge on any atom is -0.444 e. The lowest BCUT2D eigenvalue weighted by molar-refractivity contribution is 0.0178. The van der Waals surface area contributed by atoms with Gasteiger partial charge in [0.05, 0.1) is 0 Å². The van der Waals surface area contributed by atoms with Crippen molar-refractivity contribution in [3.05, 3.63) is 0 Å². The summed E-state index contributed by atoms with van der Waals surface area (Å²) in [4.78, 5) is 13.8.